The number of carbonyl (C=O) groups is 2. The number of hydrazone groups is 1. The highest BCUT2D eigenvalue weighted by atomic mass is 32.2. The van der Waals surface area contributed by atoms with Gasteiger partial charge in [0.15, 0.2) is 10.8 Å². The molecule has 3 heterocycles. The summed E-state index contributed by atoms with van der Waals surface area (Å²) in [6.45, 7) is 3.77. The number of ether oxygens (including phenoxy) is 1. The van der Waals surface area contributed by atoms with E-state index in [4.69, 9.17) is 9.84 Å². The van der Waals surface area contributed by atoms with E-state index in [-0.39, 0.29) is 11.7 Å². The quantitative estimate of drug-likeness (QED) is 0.476. The molecule has 9 heteroatoms. The van der Waals surface area contributed by atoms with Gasteiger partial charge in [0.2, 0.25) is 0 Å². The van der Waals surface area contributed by atoms with Gasteiger partial charge in [0.05, 0.1) is 18.4 Å². The van der Waals surface area contributed by atoms with Crippen LogP contribution in [0.5, 0.6) is 5.75 Å². The van der Waals surface area contributed by atoms with Gasteiger partial charge in [0.1, 0.15) is 10.8 Å². The second-order valence-corrected chi connectivity index (χ2v) is 11.6. The molecule has 0 unspecified atom stereocenters. The number of thioether (sulfide) groups is 1. The van der Waals surface area contributed by atoms with E-state index in [1.807, 2.05) is 54.6 Å². The van der Waals surface area contributed by atoms with E-state index in [0.29, 0.717) is 16.7 Å². The number of para-hydroxylation sites is 1. The third-order valence-electron chi connectivity index (χ3n) is 6.86. The summed E-state index contributed by atoms with van der Waals surface area (Å²) in [4.78, 5) is 30.1. The van der Waals surface area contributed by atoms with Gasteiger partial charge < -0.3 is 10.1 Å². The summed E-state index contributed by atoms with van der Waals surface area (Å²) in [7, 11) is 1.62. The number of hydrogen-bond acceptors (Lipinski definition) is 8. The van der Waals surface area contributed by atoms with Gasteiger partial charge in [0.25, 0.3) is 11.0 Å². The molecule has 0 radical (unpaired) electrons. The lowest BCUT2D eigenvalue weighted by atomic mass is 9.88. The Balaban J connectivity index is 1.56. The highest BCUT2D eigenvalue weighted by molar-refractivity contribution is 8.17. The van der Waals surface area contributed by atoms with Crippen LogP contribution in [0.2, 0.25) is 0 Å². The highest BCUT2D eigenvalue weighted by Gasteiger charge is 2.57. The molecule has 1 aromatic heterocycles. The number of benzene rings is 2. The second kappa shape index (κ2) is 8.67. The Labute approximate surface area is 218 Å². The average Bonchev–Trinajstić information content (AvgIpc) is 3.43. The zero-order valence-corrected chi connectivity index (χ0v) is 21.9. The number of rotatable bonds is 4. The number of nitrogens with one attached hydrogen (secondary N) is 1. The van der Waals surface area contributed by atoms with Crippen LogP contribution in [0.3, 0.4) is 0 Å². The molecular formula is C27H26N4O3S2. The minimum atomic E-state index is -1.18. The maximum atomic E-state index is 14.4. The molecule has 2 aromatic carbocycles. The van der Waals surface area contributed by atoms with E-state index in [0.717, 1.165) is 46.8 Å². The number of methoxy groups -OCH3 is 1. The zero-order chi connectivity index (χ0) is 25.0. The number of carbonyl (C=O) groups excluding carboxylic acids is 2. The lowest BCUT2D eigenvalue weighted by Gasteiger charge is -2.47. The van der Waals surface area contributed by atoms with Crippen LogP contribution in [0.1, 0.15) is 41.1 Å². The third kappa shape index (κ3) is 3.52. The number of thiophene rings is 1. The molecule has 2 atom stereocenters. The van der Waals surface area contributed by atoms with E-state index >= 15 is 0 Å². The van der Waals surface area contributed by atoms with Crippen LogP contribution in [-0.2, 0) is 17.6 Å². The van der Waals surface area contributed by atoms with Crippen LogP contribution < -0.4 is 20.0 Å². The monoisotopic (exact) mass is 518 g/mol. The minimum Gasteiger partial charge on any atom is -0.497 e. The van der Waals surface area contributed by atoms with Crippen LogP contribution in [0.4, 0.5) is 16.4 Å². The van der Waals surface area contributed by atoms with Crippen molar-refractivity contribution in [3.05, 3.63) is 70.6 Å². The standard InChI is InChI=1S/C27H26N4O3S2/c1-16-9-14-21-22(15-16)35-25-23(21)26(33)30(18-7-5-4-6-8-18)27(28-25)31(29-24(36-27)17(2)32)19-10-12-20(34-3)13-11-19/h4-8,10-13,16,28H,9,14-15H2,1-3H3/t16-,27-/m0/s1. The van der Waals surface area contributed by atoms with Crippen LogP contribution in [0, 0.1) is 5.92 Å². The summed E-state index contributed by atoms with van der Waals surface area (Å²) in [5.41, 5.74) is 3.38. The SMILES string of the molecule is COc1ccc(N2N=C(C(C)=O)S[C@]23Nc2sc4c(c2C(=O)N3c2ccccc2)CC[C@H](C)C4)cc1. The van der Waals surface area contributed by atoms with Crippen LogP contribution >= 0.6 is 23.1 Å². The Morgan fingerprint density at radius 2 is 1.89 bits per heavy atom. The predicted molar refractivity (Wildman–Crippen MR) is 146 cm³/mol. The molecule has 7 nitrogen and oxygen atoms in total. The molecule has 1 N–H and O–H groups in total. The third-order valence-corrected chi connectivity index (χ3v) is 9.33. The predicted octanol–water partition coefficient (Wildman–Crippen LogP) is 5.72. The molecule has 6 rings (SSSR count). The molecule has 36 heavy (non-hydrogen) atoms. The van der Waals surface area contributed by atoms with E-state index in [1.54, 1.807) is 28.4 Å². The zero-order valence-electron chi connectivity index (χ0n) is 20.3. The van der Waals surface area contributed by atoms with Gasteiger partial charge in [-0.15, -0.1) is 11.3 Å². The molecule has 0 fully saturated rings. The average molecular weight is 519 g/mol. The summed E-state index contributed by atoms with van der Waals surface area (Å²) >= 11 is 2.93. The lowest BCUT2D eigenvalue weighted by Crippen LogP contribution is -2.65. The maximum Gasteiger partial charge on any atom is 0.274 e. The number of Topliss-reactive ketones (excluding diaryl/α,β-unsaturated/α-hetero) is 1. The molecule has 184 valence electrons. The Morgan fingerprint density at radius 1 is 1.14 bits per heavy atom. The van der Waals surface area contributed by atoms with Crippen molar-refractivity contribution in [2.45, 2.75) is 38.2 Å². The summed E-state index contributed by atoms with van der Waals surface area (Å²) < 4.78 is 5.35. The maximum absolute atomic E-state index is 14.4. The Hall–Kier alpha value is -3.30. The van der Waals surface area contributed by atoms with Gasteiger partial charge in [-0.1, -0.05) is 25.1 Å². The molecule has 0 bridgehead atoms. The number of fused-ring (bicyclic) bond motifs is 3. The molecule has 2 aliphatic heterocycles. The van der Waals surface area contributed by atoms with Crippen LogP contribution in [0.15, 0.2) is 59.7 Å². The number of anilines is 3. The molecule has 1 spiro atoms. The second-order valence-electron chi connectivity index (χ2n) is 9.34. The van der Waals surface area contributed by atoms with Crippen molar-refractivity contribution in [2.75, 3.05) is 22.3 Å². The molecule has 1 aliphatic carbocycles. The largest absolute Gasteiger partial charge is 0.497 e. The number of nitrogens with zero attached hydrogens (tertiary/aromatic N) is 3. The minimum absolute atomic E-state index is 0.0759. The van der Waals surface area contributed by atoms with Crippen molar-refractivity contribution in [1.82, 2.24) is 0 Å². The first-order valence-corrected chi connectivity index (χ1v) is 13.6. The summed E-state index contributed by atoms with van der Waals surface area (Å²) in [6, 6.07) is 17.1. The summed E-state index contributed by atoms with van der Waals surface area (Å²) in [5.74, 6) is 1.08. The normalized spacial score (nSPS) is 22.7. The first-order valence-electron chi connectivity index (χ1n) is 12.0. The Kier molecular flexibility index (Phi) is 5.57. The van der Waals surface area contributed by atoms with Gasteiger partial charge in [-0.25, -0.2) is 5.01 Å². The highest BCUT2D eigenvalue weighted by Crippen LogP contribution is 2.53. The first kappa shape index (κ1) is 23.1. The fraction of sp³-hybridized carbons (Fsp3) is 0.296. The Morgan fingerprint density at radius 3 is 2.58 bits per heavy atom. The fourth-order valence-electron chi connectivity index (χ4n) is 5.06. The van der Waals surface area contributed by atoms with Crippen molar-refractivity contribution < 1.29 is 14.3 Å². The summed E-state index contributed by atoms with van der Waals surface area (Å²) in [5, 5.41) is 10.2. The van der Waals surface area contributed by atoms with Crippen molar-refractivity contribution in [2.24, 2.45) is 11.0 Å². The molecule has 0 saturated carbocycles. The Bertz CT molecular complexity index is 1390. The number of hydrogen-bond donors (Lipinski definition) is 1. The number of amides is 1. The fourth-order valence-corrected chi connectivity index (χ4v) is 7.78. The molecule has 0 saturated heterocycles. The van der Waals surface area contributed by atoms with E-state index in [9.17, 15) is 9.59 Å². The van der Waals surface area contributed by atoms with Gasteiger partial charge in [-0.3, -0.25) is 14.5 Å². The van der Waals surface area contributed by atoms with E-state index in [2.05, 4.69) is 12.2 Å². The van der Waals surface area contributed by atoms with Gasteiger partial charge >= 0.3 is 0 Å². The van der Waals surface area contributed by atoms with Gasteiger partial charge in [-0.05, 0) is 78.9 Å². The van der Waals surface area contributed by atoms with E-state index in [1.165, 1.54) is 23.6 Å². The first-order chi connectivity index (χ1) is 17.4. The number of ketones is 1. The van der Waals surface area contributed by atoms with E-state index < -0.39 is 5.12 Å². The molecule has 3 aliphatic rings. The lowest BCUT2D eigenvalue weighted by molar-refractivity contribution is -0.110. The summed E-state index contributed by atoms with van der Waals surface area (Å²) in [6.07, 6.45) is 2.95. The van der Waals surface area contributed by atoms with Crippen LogP contribution in [-0.4, -0.2) is 29.0 Å². The topological polar surface area (TPSA) is 74.2 Å². The molecule has 3 aromatic rings. The van der Waals surface area contributed by atoms with Crippen molar-refractivity contribution in [3.63, 3.8) is 0 Å². The molecule has 1 amide bonds. The van der Waals surface area contributed by atoms with Gasteiger partial charge in [0, 0.05) is 17.5 Å². The van der Waals surface area contributed by atoms with Crippen molar-refractivity contribution in [1.29, 1.82) is 0 Å². The molecular weight excluding hydrogens is 492 g/mol. The van der Waals surface area contributed by atoms with Crippen molar-refractivity contribution in [3.8, 4) is 5.75 Å². The van der Waals surface area contributed by atoms with Gasteiger partial charge in [-0.2, -0.15) is 5.10 Å². The van der Waals surface area contributed by atoms with Crippen LogP contribution in [0.25, 0.3) is 0 Å². The van der Waals surface area contributed by atoms with Crippen molar-refractivity contribution >= 4 is 56.2 Å². The smallest absolute Gasteiger partial charge is 0.274 e.